The van der Waals surface area contributed by atoms with Gasteiger partial charge in [0.1, 0.15) is 0 Å². The summed E-state index contributed by atoms with van der Waals surface area (Å²) in [4.78, 5) is 0. The van der Waals surface area contributed by atoms with Crippen LogP contribution in [0, 0.1) is 0 Å². The van der Waals surface area contributed by atoms with Gasteiger partial charge in [-0.05, 0) is 37.0 Å². The van der Waals surface area contributed by atoms with E-state index >= 15 is 4.57 Å². The van der Waals surface area contributed by atoms with Crippen molar-refractivity contribution >= 4 is 26.1 Å². The van der Waals surface area contributed by atoms with Gasteiger partial charge in [0.25, 0.3) is 0 Å². The van der Waals surface area contributed by atoms with Crippen LogP contribution in [0.3, 0.4) is 0 Å². The molecule has 1 aliphatic rings. The number of rotatable bonds is 7. The van der Waals surface area contributed by atoms with E-state index in [1.54, 1.807) is 6.26 Å². The van der Waals surface area contributed by atoms with Gasteiger partial charge >= 0.3 is 0 Å². The first-order valence-corrected chi connectivity index (χ1v) is 16.5. The minimum atomic E-state index is -3.19. The predicted molar refractivity (Wildman–Crippen MR) is 139 cm³/mol. The topological polar surface area (TPSA) is 46.5 Å². The highest BCUT2D eigenvalue weighted by Crippen LogP contribution is 2.56. The highest BCUT2D eigenvalue weighted by molar-refractivity contribution is 7.79. The van der Waals surface area contributed by atoms with E-state index in [9.17, 15) is 5.11 Å². The first-order valence-electron chi connectivity index (χ1n) is 11.8. The fourth-order valence-electron chi connectivity index (χ4n) is 4.33. The molecular weight excluding hydrogens is 431 g/mol. The lowest BCUT2D eigenvalue weighted by Gasteiger charge is -2.42. The van der Waals surface area contributed by atoms with Gasteiger partial charge in [-0.3, -0.25) is 0 Å². The van der Waals surface area contributed by atoms with Crippen molar-refractivity contribution in [1.82, 2.24) is 0 Å². The van der Waals surface area contributed by atoms with Gasteiger partial charge in [0.15, 0.2) is 7.14 Å². The van der Waals surface area contributed by atoms with E-state index in [1.165, 1.54) is 0 Å². The Morgan fingerprint density at radius 1 is 0.938 bits per heavy atom. The van der Waals surface area contributed by atoms with Crippen LogP contribution in [-0.2, 0) is 8.99 Å². The molecule has 1 fully saturated rings. The van der Waals surface area contributed by atoms with E-state index < -0.39 is 26.7 Å². The smallest absolute Gasteiger partial charge is 0.249 e. The van der Waals surface area contributed by atoms with Crippen LogP contribution in [0.2, 0.25) is 18.1 Å². The molecule has 0 spiro atoms. The molecule has 0 radical (unpaired) electrons. The van der Waals surface area contributed by atoms with Crippen LogP contribution in [0.1, 0.15) is 52.9 Å². The molecule has 0 aliphatic heterocycles. The lowest BCUT2D eigenvalue weighted by molar-refractivity contribution is 0.00954. The molecular formula is C27H39O3PSi. The molecule has 1 unspecified atom stereocenters. The second kappa shape index (κ2) is 9.71. The van der Waals surface area contributed by atoms with E-state index in [0.29, 0.717) is 12.8 Å². The quantitative estimate of drug-likeness (QED) is 0.282. The molecule has 0 bridgehead atoms. The van der Waals surface area contributed by atoms with E-state index in [4.69, 9.17) is 4.43 Å². The summed E-state index contributed by atoms with van der Waals surface area (Å²) in [5, 5.41) is 13.5. The maximum atomic E-state index is 15.1. The zero-order chi connectivity index (χ0) is 23.5. The Balaban J connectivity index is 2.13. The predicted octanol–water partition coefficient (Wildman–Crippen LogP) is 6.60. The van der Waals surface area contributed by atoms with Crippen LogP contribution in [0.25, 0.3) is 0 Å². The van der Waals surface area contributed by atoms with Crippen LogP contribution >= 0.6 is 7.14 Å². The van der Waals surface area contributed by atoms with E-state index in [1.807, 2.05) is 66.7 Å². The molecule has 32 heavy (non-hydrogen) atoms. The standard InChI is InChI=1S/C27H39O3PSi/c1-26(2,3)32(4,5)30-22-19-25(27(28)20-13-8-14-21-27)31(29,23-15-9-6-10-16-23)24-17-11-7-12-18-24/h6-7,9-12,15-19,22,25,28H,8,13-14,20-21H2,1-5H3/b22-19-. The van der Waals surface area contributed by atoms with Crippen molar-refractivity contribution in [2.45, 2.75) is 82.3 Å². The first kappa shape index (κ1) is 25.0. The summed E-state index contributed by atoms with van der Waals surface area (Å²) in [5.74, 6) is 0. The molecule has 2 aromatic carbocycles. The van der Waals surface area contributed by atoms with Crippen LogP contribution in [-0.4, -0.2) is 24.7 Å². The lowest BCUT2D eigenvalue weighted by Crippen LogP contribution is -2.46. The Hall–Kier alpha value is -1.61. The summed E-state index contributed by atoms with van der Waals surface area (Å²) in [6.45, 7) is 11.0. The van der Waals surface area contributed by atoms with E-state index in [-0.39, 0.29) is 5.04 Å². The molecule has 5 heteroatoms. The molecule has 0 saturated heterocycles. The largest absolute Gasteiger partial charge is 0.549 e. The summed E-state index contributed by atoms with van der Waals surface area (Å²) in [6.07, 6.45) is 8.01. The number of hydrogen-bond acceptors (Lipinski definition) is 3. The third-order valence-electron chi connectivity index (χ3n) is 7.37. The van der Waals surface area contributed by atoms with Gasteiger partial charge < -0.3 is 14.1 Å². The summed E-state index contributed by atoms with van der Waals surface area (Å²) in [7, 11) is -5.21. The van der Waals surface area contributed by atoms with Gasteiger partial charge in [0.2, 0.25) is 8.32 Å². The van der Waals surface area contributed by atoms with Crippen molar-refractivity contribution < 1.29 is 14.1 Å². The average molecular weight is 471 g/mol. The summed E-state index contributed by atoms with van der Waals surface area (Å²) in [6, 6.07) is 19.4. The summed E-state index contributed by atoms with van der Waals surface area (Å²) < 4.78 is 21.5. The highest BCUT2D eigenvalue weighted by Gasteiger charge is 2.48. The zero-order valence-electron chi connectivity index (χ0n) is 20.3. The normalized spacial score (nSPS) is 18.4. The van der Waals surface area contributed by atoms with Crippen molar-refractivity contribution in [3.8, 4) is 0 Å². The maximum Gasteiger partial charge on any atom is 0.249 e. The van der Waals surface area contributed by atoms with Gasteiger partial charge in [-0.2, -0.15) is 0 Å². The molecule has 0 heterocycles. The Bertz CT molecular complexity index is 898. The second-order valence-electron chi connectivity index (χ2n) is 10.6. The molecule has 3 nitrogen and oxygen atoms in total. The monoisotopic (exact) mass is 470 g/mol. The molecule has 1 atom stereocenters. The fraction of sp³-hybridized carbons (Fsp3) is 0.481. The van der Waals surface area contributed by atoms with Crippen LogP contribution in [0.4, 0.5) is 0 Å². The van der Waals surface area contributed by atoms with Gasteiger partial charge in [-0.25, -0.2) is 0 Å². The first-order chi connectivity index (χ1) is 15.0. The molecule has 0 amide bonds. The van der Waals surface area contributed by atoms with Gasteiger partial charge in [0, 0.05) is 10.6 Å². The summed E-state index contributed by atoms with van der Waals surface area (Å²) in [5.41, 5.74) is -1.56. The van der Waals surface area contributed by atoms with Gasteiger partial charge in [0.05, 0.1) is 17.5 Å². The third-order valence-corrected chi connectivity index (χ3v) is 15.3. The van der Waals surface area contributed by atoms with Crippen molar-refractivity contribution in [1.29, 1.82) is 0 Å². The molecule has 1 N–H and O–H groups in total. The molecule has 1 aliphatic carbocycles. The number of hydrogen-bond donors (Lipinski definition) is 1. The molecule has 0 aromatic heterocycles. The lowest BCUT2D eigenvalue weighted by atomic mass is 9.82. The van der Waals surface area contributed by atoms with Crippen molar-refractivity contribution in [3.05, 3.63) is 73.0 Å². The van der Waals surface area contributed by atoms with Crippen LogP contribution in [0.5, 0.6) is 0 Å². The maximum absolute atomic E-state index is 15.1. The Kier molecular flexibility index (Phi) is 7.59. The van der Waals surface area contributed by atoms with E-state index in [0.717, 1.165) is 29.9 Å². The summed E-state index contributed by atoms with van der Waals surface area (Å²) >= 11 is 0. The average Bonchev–Trinajstić information content (AvgIpc) is 2.77. The van der Waals surface area contributed by atoms with Crippen molar-refractivity contribution in [2.75, 3.05) is 0 Å². The van der Waals surface area contributed by atoms with Crippen molar-refractivity contribution in [3.63, 3.8) is 0 Å². The van der Waals surface area contributed by atoms with Crippen LogP contribution in [0.15, 0.2) is 73.0 Å². The minimum absolute atomic E-state index is 0.0666. The SMILES string of the molecule is CC(C)(C)[Si](C)(C)O/C=C\C(C1(O)CCCCC1)P(=O)(c1ccccc1)c1ccccc1. The Morgan fingerprint density at radius 3 is 1.84 bits per heavy atom. The van der Waals surface area contributed by atoms with Crippen LogP contribution < -0.4 is 10.6 Å². The second-order valence-corrected chi connectivity index (χ2v) is 18.3. The fourth-order valence-corrected chi connectivity index (χ4v) is 8.52. The number of benzene rings is 2. The Labute approximate surface area is 195 Å². The van der Waals surface area contributed by atoms with Gasteiger partial charge in [-0.15, -0.1) is 0 Å². The molecule has 2 aromatic rings. The van der Waals surface area contributed by atoms with Crippen molar-refractivity contribution in [2.24, 2.45) is 0 Å². The number of aliphatic hydroxyl groups is 1. The molecule has 3 rings (SSSR count). The zero-order valence-corrected chi connectivity index (χ0v) is 22.1. The molecule has 1 saturated carbocycles. The van der Waals surface area contributed by atoms with Gasteiger partial charge in [-0.1, -0.05) is 101 Å². The van der Waals surface area contributed by atoms with E-state index in [2.05, 4.69) is 33.9 Å². The Morgan fingerprint density at radius 2 is 1.41 bits per heavy atom. The third kappa shape index (κ3) is 5.14. The molecule has 174 valence electrons. The highest BCUT2D eigenvalue weighted by atomic mass is 31.2. The minimum Gasteiger partial charge on any atom is -0.549 e.